The summed E-state index contributed by atoms with van der Waals surface area (Å²) in [5, 5.41) is 2.56. The fourth-order valence-corrected chi connectivity index (χ4v) is 2.80. The Morgan fingerprint density at radius 2 is 2.00 bits per heavy atom. The van der Waals surface area contributed by atoms with Gasteiger partial charge in [0, 0.05) is 5.56 Å². The SMILES string of the molecule is NC(=S)NC(=O)c1cc(Cl)c(OCc2ccccc2)c(Br)c1. The van der Waals surface area contributed by atoms with Crippen LogP contribution in [0.5, 0.6) is 5.75 Å². The number of benzene rings is 2. The monoisotopic (exact) mass is 398 g/mol. The van der Waals surface area contributed by atoms with Crippen molar-refractivity contribution in [2.24, 2.45) is 5.73 Å². The molecule has 2 aromatic rings. The van der Waals surface area contributed by atoms with E-state index in [0.29, 0.717) is 27.4 Å². The standard InChI is InChI=1S/C15H12BrClN2O2S/c16-11-6-10(14(20)19-15(18)22)7-12(17)13(11)21-8-9-4-2-1-3-5-9/h1-7H,8H2,(H3,18,19,20,22). The molecule has 3 N–H and O–H groups in total. The highest BCUT2D eigenvalue weighted by Gasteiger charge is 2.14. The molecule has 0 aliphatic heterocycles. The predicted octanol–water partition coefficient (Wildman–Crippen LogP) is 3.65. The number of carbonyl (C=O) groups excluding carboxylic acids is 1. The van der Waals surface area contributed by atoms with Gasteiger partial charge in [-0.05, 0) is 45.8 Å². The molecule has 0 aliphatic carbocycles. The van der Waals surface area contributed by atoms with E-state index in [0.717, 1.165) is 5.56 Å². The molecule has 0 aliphatic rings. The smallest absolute Gasteiger partial charge is 0.257 e. The van der Waals surface area contributed by atoms with Crippen LogP contribution in [-0.4, -0.2) is 11.0 Å². The maximum Gasteiger partial charge on any atom is 0.257 e. The van der Waals surface area contributed by atoms with Gasteiger partial charge in [-0.2, -0.15) is 0 Å². The van der Waals surface area contributed by atoms with E-state index in [1.807, 2.05) is 30.3 Å². The van der Waals surface area contributed by atoms with Crippen molar-refractivity contribution in [3.63, 3.8) is 0 Å². The normalized spacial score (nSPS) is 10.1. The van der Waals surface area contributed by atoms with Gasteiger partial charge in [-0.1, -0.05) is 41.9 Å². The topological polar surface area (TPSA) is 64.3 Å². The molecule has 2 rings (SSSR count). The summed E-state index contributed by atoms with van der Waals surface area (Å²) in [7, 11) is 0. The molecule has 7 heteroatoms. The van der Waals surface area contributed by atoms with Gasteiger partial charge in [0.15, 0.2) is 10.9 Å². The number of thiocarbonyl (C=S) groups is 1. The van der Waals surface area contributed by atoms with Crippen LogP contribution in [0.4, 0.5) is 0 Å². The van der Waals surface area contributed by atoms with E-state index in [1.54, 1.807) is 6.07 Å². The Morgan fingerprint density at radius 3 is 2.59 bits per heavy atom. The highest BCUT2D eigenvalue weighted by Crippen LogP contribution is 2.35. The van der Waals surface area contributed by atoms with E-state index >= 15 is 0 Å². The van der Waals surface area contributed by atoms with Crippen molar-refractivity contribution < 1.29 is 9.53 Å². The highest BCUT2D eigenvalue weighted by atomic mass is 79.9. The predicted molar refractivity (Wildman–Crippen MR) is 94.2 cm³/mol. The van der Waals surface area contributed by atoms with Crippen LogP contribution >= 0.6 is 39.7 Å². The summed E-state index contributed by atoms with van der Waals surface area (Å²) in [5.41, 5.74) is 6.62. The zero-order valence-electron chi connectivity index (χ0n) is 11.3. The van der Waals surface area contributed by atoms with Crippen LogP contribution in [-0.2, 0) is 6.61 Å². The Kier molecular flexibility index (Phi) is 5.76. The first-order chi connectivity index (χ1) is 10.5. The summed E-state index contributed by atoms with van der Waals surface area (Å²) in [6.45, 7) is 0.373. The Hall–Kier alpha value is -1.63. The Balaban J connectivity index is 2.16. The molecule has 0 fully saturated rings. The average Bonchev–Trinajstić information content (AvgIpc) is 2.46. The van der Waals surface area contributed by atoms with Gasteiger partial charge in [-0.15, -0.1) is 0 Å². The molecule has 0 radical (unpaired) electrons. The highest BCUT2D eigenvalue weighted by molar-refractivity contribution is 9.10. The minimum atomic E-state index is -0.426. The molecule has 0 spiro atoms. The van der Waals surface area contributed by atoms with Crippen LogP contribution in [0.25, 0.3) is 0 Å². The second-order valence-electron chi connectivity index (χ2n) is 4.36. The maximum atomic E-state index is 11.9. The summed E-state index contributed by atoms with van der Waals surface area (Å²) < 4.78 is 6.28. The molecule has 0 atom stereocenters. The van der Waals surface area contributed by atoms with Gasteiger partial charge < -0.3 is 10.5 Å². The van der Waals surface area contributed by atoms with Gasteiger partial charge in [0.25, 0.3) is 5.91 Å². The van der Waals surface area contributed by atoms with Crippen LogP contribution in [0.1, 0.15) is 15.9 Å². The molecule has 114 valence electrons. The lowest BCUT2D eigenvalue weighted by atomic mass is 10.2. The number of nitrogens with two attached hydrogens (primary N) is 1. The van der Waals surface area contributed by atoms with Crippen LogP contribution in [0, 0.1) is 0 Å². The average molecular weight is 400 g/mol. The number of hydrogen-bond donors (Lipinski definition) is 2. The van der Waals surface area contributed by atoms with Crippen LogP contribution in [0.15, 0.2) is 46.9 Å². The maximum absolute atomic E-state index is 11.9. The number of nitrogens with one attached hydrogen (secondary N) is 1. The molecule has 0 aromatic heterocycles. The number of carbonyl (C=O) groups is 1. The fraction of sp³-hybridized carbons (Fsp3) is 0.0667. The van der Waals surface area contributed by atoms with Crippen molar-refractivity contribution in [1.82, 2.24) is 5.32 Å². The van der Waals surface area contributed by atoms with Crippen molar-refractivity contribution in [1.29, 1.82) is 0 Å². The molecular formula is C15H12BrClN2O2S. The first-order valence-electron chi connectivity index (χ1n) is 6.24. The molecule has 0 unspecified atom stereocenters. The number of halogens is 2. The van der Waals surface area contributed by atoms with Crippen molar-refractivity contribution in [2.45, 2.75) is 6.61 Å². The lowest BCUT2D eigenvalue weighted by Gasteiger charge is -2.12. The third kappa shape index (κ3) is 4.43. The summed E-state index contributed by atoms with van der Waals surface area (Å²) in [6.07, 6.45) is 0. The van der Waals surface area contributed by atoms with Gasteiger partial charge >= 0.3 is 0 Å². The van der Waals surface area contributed by atoms with Crippen molar-refractivity contribution in [2.75, 3.05) is 0 Å². The summed E-state index contributed by atoms with van der Waals surface area (Å²) >= 11 is 14.2. The fourth-order valence-electron chi connectivity index (χ4n) is 1.74. The van der Waals surface area contributed by atoms with Crippen molar-refractivity contribution >= 4 is 50.8 Å². The third-order valence-corrected chi connectivity index (χ3v) is 3.70. The van der Waals surface area contributed by atoms with E-state index < -0.39 is 5.91 Å². The minimum absolute atomic E-state index is 0.0957. The number of rotatable bonds is 4. The second-order valence-corrected chi connectivity index (χ2v) is 6.06. The molecule has 0 heterocycles. The quantitative estimate of drug-likeness (QED) is 0.770. The van der Waals surface area contributed by atoms with Gasteiger partial charge in [0.05, 0.1) is 9.50 Å². The summed E-state index contributed by atoms with van der Waals surface area (Å²) in [5.74, 6) is 0.0436. The van der Waals surface area contributed by atoms with E-state index in [1.165, 1.54) is 6.07 Å². The van der Waals surface area contributed by atoms with E-state index in [4.69, 9.17) is 22.1 Å². The van der Waals surface area contributed by atoms with Crippen molar-refractivity contribution in [3.05, 3.63) is 63.1 Å². The second kappa shape index (κ2) is 7.58. The largest absolute Gasteiger partial charge is 0.486 e. The molecule has 0 saturated heterocycles. The van der Waals surface area contributed by atoms with E-state index in [2.05, 4.69) is 33.5 Å². The third-order valence-electron chi connectivity index (χ3n) is 2.72. The zero-order valence-corrected chi connectivity index (χ0v) is 14.5. The Bertz CT molecular complexity index is 687. The molecule has 22 heavy (non-hydrogen) atoms. The van der Waals surface area contributed by atoms with Crippen molar-refractivity contribution in [3.8, 4) is 5.75 Å². The molecule has 2 aromatic carbocycles. The molecule has 0 bridgehead atoms. The van der Waals surface area contributed by atoms with Gasteiger partial charge in [0.2, 0.25) is 0 Å². The summed E-state index contributed by atoms with van der Waals surface area (Å²) in [4.78, 5) is 11.9. The summed E-state index contributed by atoms with van der Waals surface area (Å²) in [6, 6.07) is 12.8. The van der Waals surface area contributed by atoms with Crippen LogP contribution in [0.3, 0.4) is 0 Å². The van der Waals surface area contributed by atoms with Crippen LogP contribution < -0.4 is 15.8 Å². The number of hydrogen-bond acceptors (Lipinski definition) is 3. The van der Waals surface area contributed by atoms with E-state index in [9.17, 15) is 4.79 Å². The van der Waals surface area contributed by atoms with Gasteiger partial charge in [0.1, 0.15) is 6.61 Å². The Morgan fingerprint density at radius 1 is 1.32 bits per heavy atom. The number of ether oxygens (including phenoxy) is 1. The first-order valence-corrected chi connectivity index (χ1v) is 7.82. The van der Waals surface area contributed by atoms with Crippen LogP contribution in [0.2, 0.25) is 5.02 Å². The molecule has 4 nitrogen and oxygen atoms in total. The molecule has 0 saturated carbocycles. The molecular weight excluding hydrogens is 388 g/mol. The lowest BCUT2D eigenvalue weighted by molar-refractivity contribution is 0.0977. The minimum Gasteiger partial charge on any atom is -0.486 e. The Labute approximate surface area is 146 Å². The van der Waals surface area contributed by atoms with E-state index in [-0.39, 0.29) is 5.11 Å². The molecule has 1 amide bonds. The van der Waals surface area contributed by atoms with Gasteiger partial charge in [-0.3, -0.25) is 10.1 Å². The number of amides is 1. The lowest BCUT2D eigenvalue weighted by Crippen LogP contribution is -2.34. The first kappa shape index (κ1) is 16.7. The zero-order chi connectivity index (χ0) is 16.1. The van der Waals surface area contributed by atoms with Gasteiger partial charge in [-0.25, -0.2) is 0 Å².